The maximum absolute atomic E-state index is 11.8. The SMILES string of the molecule is C/C(=N/NC(=O)c1ccccc1O)c1ccc(C)s1. The highest BCUT2D eigenvalue weighted by molar-refractivity contribution is 7.14. The molecular formula is C14H14N2O2S. The van der Waals surface area contributed by atoms with E-state index < -0.39 is 5.91 Å². The summed E-state index contributed by atoms with van der Waals surface area (Å²) in [6.07, 6.45) is 0. The number of aromatic hydroxyl groups is 1. The van der Waals surface area contributed by atoms with Crippen LogP contribution in [0.25, 0.3) is 0 Å². The molecular weight excluding hydrogens is 260 g/mol. The number of hydrogen-bond donors (Lipinski definition) is 2. The van der Waals surface area contributed by atoms with E-state index in [1.165, 1.54) is 10.9 Å². The first-order chi connectivity index (χ1) is 9.08. The van der Waals surface area contributed by atoms with Crippen molar-refractivity contribution in [1.29, 1.82) is 0 Å². The maximum Gasteiger partial charge on any atom is 0.275 e. The Morgan fingerprint density at radius 2 is 2.00 bits per heavy atom. The number of aryl methyl sites for hydroxylation is 1. The molecule has 0 saturated carbocycles. The lowest BCUT2D eigenvalue weighted by Crippen LogP contribution is -2.19. The second-order valence-corrected chi connectivity index (χ2v) is 5.35. The van der Waals surface area contributed by atoms with E-state index in [1.807, 2.05) is 26.0 Å². The molecule has 5 heteroatoms. The zero-order valence-electron chi connectivity index (χ0n) is 10.7. The van der Waals surface area contributed by atoms with Crippen molar-refractivity contribution in [2.24, 2.45) is 5.10 Å². The van der Waals surface area contributed by atoms with Gasteiger partial charge in [0.2, 0.25) is 0 Å². The highest BCUT2D eigenvalue weighted by atomic mass is 32.1. The lowest BCUT2D eigenvalue weighted by atomic mass is 10.2. The number of hydrazone groups is 1. The molecule has 2 aromatic rings. The van der Waals surface area contributed by atoms with Crippen LogP contribution in [0.5, 0.6) is 5.75 Å². The molecule has 0 bridgehead atoms. The number of benzene rings is 1. The van der Waals surface area contributed by atoms with E-state index >= 15 is 0 Å². The topological polar surface area (TPSA) is 61.7 Å². The van der Waals surface area contributed by atoms with E-state index in [2.05, 4.69) is 10.5 Å². The lowest BCUT2D eigenvalue weighted by molar-refractivity contribution is 0.0952. The number of hydrogen-bond acceptors (Lipinski definition) is 4. The average Bonchev–Trinajstić information content (AvgIpc) is 2.83. The number of carbonyl (C=O) groups excluding carboxylic acids is 1. The average molecular weight is 274 g/mol. The molecule has 0 aliphatic carbocycles. The van der Waals surface area contributed by atoms with Crippen molar-refractivity contribution in [2.45, 2.75) is 13.8 Å². The Balaban J connectivity index is 2.10. The van der Waals surface area contributed by atoms with Crippen molar-refractivity contribution in [2.75, 3.05) is 0 Å². The van der Waals surface area contributed by atoms with Gasteiger partial charge in [-0.05, 0) is 38.1 Å². The molecule has 0 aliphatic rings. The van der Waals surface area contributed by atoms with Gasteiger partial charge < -0.3 is 5.11 Å². The summed E-state index contributed by atoms with van der Waals surface area (Å²) < 4.78 is 0. The van der Waals surface area contributed by atoms with Crippen LogP contribution in [0.3, 0.4) is 0 Å². The van der Waals surface area contributed by atoms with Crippen molar-refractivity contribution in [1.82, 2.24) is 5.43 Å². The predicted molar refractivity (Wildman–Crippen MR) is 76.8 cm³/mol. The van der Waals surface area contributed by atoms with Crippen molar-refractivity contribution in [3.63, 3.8) is 0 Å². The molecule has 2 N–H and O–H groups in total. The highest BCUT2D eigenvalue weighted by Crippen LogP contribution is 2.17. The van der Waals surface area contributed by atoms with E-state index in [-0.39, 0.29) is 11.3 Å². The van der Waals surface area contributed by atoms with Crippen LogP contribution in [0.1, 0.15) is 27.0 Å². The number of para-hydroxylation sites is 1. The van der Waals surface area contributed by atoms with Crippen molar-refractivity contribution in [3.8, 4) is 5.75 Å². The van der Waals surface area contributed by atoms with E-state index in [4.69, 9.17) is 0 Å². The second-order valence-electron chi connectivity index (χ2n) is 4.07. The second kappa shape index (κ2) is 5.67. The van der Waals surface area contributed by atoms with Gasteiger partial charge in [0.05, 0.1) is 16.2 Å². The zero-order chi connectivity index (χ0) is 13.8. The van der Waals surface area contributed by atoms with Gasteiger partial charge in [-0.3, -0.25) is 4.79 Å². The predicted octanol–water partition coefficient (Wildman–Crippen LogP) is 2.92. The maximum atomic E-state index is 11.8. The number of carbonyl (C=O) groups is 1. The molecule has 1 amide bonds. The zero-order valence-corrected chi connectivity index (χ0v) is 11.5. The van der Waals surface area contributed by atoms with Crippen LogP contribution >= 0.6 is 11.3 Å². The summed E-state index contributed by atoms with van der Waals surface area (Å²) in [6, 6.07) is 10.3. The minimum Gasteiger partial charge on any atom is -0.507 e. The van der Waals surface area contributed by atoms with E-state index in [0.717, 1.165) is 10.6 Å². The van der Waals surface area contributed by atoms with E-state index in [1.54, 1.807) is 29.5 Å². The van der Waals surface area contributed by atoms with Gasteiger partial charge in [0.15, 0.2) is 0 Å². The number of thiophene rings is 1. The molecule has 2 rings (SSSR count). The van der Waals surface area contributed by atoms with Gasteiger partial charge in [0.25, 0.3) is 5.91 Å². The largest absolute Gasteiger partial charge is 0.507 e. The summed E-state index contributed by atoms with van der Waals surface area (Å²) in [4.78, 5) is 14.0. The summed E-state index contributed by atoms with van der Waals surface area (Å²) >= 11 is 1.61. The quantitative estimate of drug-likeness (QED) is 0.667. The van der Waals surface area contributed by atoms with Crippen LogP contribution < -0.4 is 5.43 Å². The van der Waals surface area contributed by atoms with E-state index in [9.17, 15) is 9.90 Å². The monoisotopic (exact) mass is 274 g/mol. The molecule has 1 aromatic carbocycles. The Hall–Kier alpha value is -2.14. The Kier molecular flexibility index (Phi) is 3.97. The summed E-state index contributed by atoms with van der Waals surface area (Å²) in [5.41, 5.74) is 3.39. The minimum absolute atomic E-state index is 0.0557. The molecule has 0 aliphatic heterocycles. The number of rotatable bonds is 3. The molecule has 98 valence electrons. The van der Waals surface area contributed by atoms with Gasteiger partial charge in [-0.2, -0.15) is 5.10 Å². The van der Waals surface area contributed by atoms with Crippen molar-refractivity contribution in [3.05, 3.63) is 51.7 Å². The molecule has 0 atom stereocenters. The Morgan fingerprint density at radius 3 is 2.63 bits per heavy atom. The normalized spacial score (nSPS) is 11.4. The molecule has 0 unspecified atom stereocenters. The summed E-state index contributed by atoms with van der Waals surface area (Å²) in [5.74, 6) is -0.481. The van der Waals surface area contributed by atoms with Crippen LogP contribution in [0.4, 0.5) is 0 Å². The molecule has 1 aromatic heterocycles. The third-order valence-corrected chi connectivity index (χ3v) is 3.68. The van der Waals surface area contributed by atoms with Crippen LogP contribution in [-0.2, 0) is 0 Å². The molecule has 19 heavy (non-hydrogen) atoms. The molecule has 0 spiro atoms. The first-order valence-corrected chi connectivity index (χ1v) is 6.59. The van der Waals surface area contributed by atoms with Gasteiger partial charge in [-0.1, -0.05) is 12.1 Å². The van der Waals surface area contributed by atoms with Gasteiger partial charge in [0.1, 0.15) is 5.75 Å². The number of phenols is 1. The number of nitrogens with one attached hydrogen (secondary N) is 1. The number of amides is 1. The Morgan fingerprint density at radius 1 is 1.26 bits per heavy atom. The Bertz CT molecular complexity index is 632. The van der Waals surface area contributed by atoms with Gasteiger partial charge in [-0.15, -0.1) is 11.3 Å². The van der Waals surface area contributed by atoms with Gasteiger partial charge in [0, 0.05) is 4.88 Å². The summed E-state index contributed by atoms with van der Waals surface area (Å²) in [6.45, 7) is 3.85. The fourth-order valence-electron chi connectivity index (χ4n) is 1.54. The smallest absolute Gasteiger partial charge is 0.275 e. The van der Waals surface area contributed by atoms with Crippen LogP contribution in [0.2, 0.25) is 0 Å². The first kappa shape index (κ1) is 13.3. The van der Waals surface area contributed by atoms with Crippen molar-refractivity contribution >= 4 is 23.0 Å². The van der Waals surface area contributed by atoms with Gasteiger partial charge in [-0.25, -0.2) is 5.43 Å². The third-order valence-electron chi connectivity index (χ3n) is 2.57. The van der Waals surface area contributed by atoms with Crippen LogP contribution in [0.15, 0.2) is 41.5 Å². The molecule has 1 heterocycles. The van der Waals surface area contributed by atoms with Crippen molar-refractivity contribution < 1.29 is 9.90 Å². The molecule has 0 radical (unpaired) electrons. The van der Waals surface area contributed by atoms with E-state index in [0.29, 0.717) is 0 Å². The lowest BCUT2D eigenvalue weighted by Gasteiger charge is -2.03. The standard InChI is InChI=1S/C14H14N2O2S/c1-9-7-8-13(19-9)10(2)15-16-14(18)11-5-3-4-6-12(11)17/h3-8,17H,1-2H3,(H,16,18)/b15-10-. The van der Waals surface area contributed by atoms with Gasteiger partial charge >= 0.3 is 0 Å². The molecule has 0 fully saturated rings. The fraction of sp³-hybridized carbons (Fsp3) is 0.143. The third kappa shape index (κ3) is 3.20. The molecule has 0 saturated heterocycles. The van der Waals surface area contributed by atoms with Crippen LogP contribution in [-0.4, -0.2) is 16.7 Å². The summed E-state index contributed by atoms with van der Waals surface area (Å²) in [7, 11) is 0. The van der Waals surface area contributed by atoms with Crippen LogP contribution in [0, 0.1) is 6.92 Å². The fourth-order valence-corrected chi connectivity index (χ4v) is 2.36. The molecule has 4 nitrogen and oxygen atoms in total. The number of phenolic OH excluding ortho intramolecular Hbond substituents is 1. The number of nitrogens with zero attached hydrogens (tertiary/aromatic N) is 1. The first-order valence-electron chi connectivity index (χ1n) is 5.77. The Labute approximate surface area is 115 Å². The summed E-state index contributed by atoms with van der Waals surface area (Å²) in [5, 5.41) is 13.6. The highest BCUT2D eigenvalue weighted by Gasteiger charge is 2.09. The minimum atomic E-state index is -0.425.